The zero-order valence-electron chi connectivity index (χ0n) is 6.20. The molecule has 1 aromatic rings. The highest BCUT2D eigenvalue weighted by atomic mass is 15.1. The summed E-state index contributed by atoms with van der Waals surface area (Å²) in [6, 6.07) is 7.93. The molecular weight excluding hydrogens is 124 g/mol. The van der Waals surface area contributed by atoms with Gasteiger partial charge in [-0.25, -0.2) is 0 Å². The summed E-state index contributed by atoms with van der Waals surface area (Å²) >= 11 is 0. The number of hydrogen-bond acceptors (Lipinski definition) is 2. The van der Waals surface area contributed by atoms with Crippen molar-refractivity contribution in [3.05, 3.63) is 29.8 Å². The van der Waals surface area contributed by atoms with Crippen molar-refractivity contribution in [1.29, 1.82) is 0 Å². The zero-order valence-corrected chi connectivity index (χ0v) is 6.20. The lowest BCUT2D eigenvalue weighted by molar-refractivity contribution is 1.17. The van der Waals surface area contributed by atoms with Crippen molar-refractivity contribution in [2.45, 2.75) is 6.92 Å². The predicted octanol–water partition coefficient (Wildman–Crippen LogP) is 2.71. The van der Waals surface area contributed by atoms with Gasteiger partial charge in [-0.2, -0.15) is 10.2 Å². The van der Waals surface area contributed by atoms with Crippen molar-refractivity contribution >= 4 is 5.69 Å². The Morgan fingerprint density at radius 1 is 1.10 bits per heavy atom. The summed E-state index contributed by atoms with van der Waals surface area (Å²) < 4.78 is 0. The first-order valence-corrected chi connectivity index (χ1v) is 3.19. The summed E-state index contributed by atoms with van der Waals surface area (Å²) in [6.07, 6.45) is 0. The SMILES string of the molecule is CN=Nc1ccc(C)cc1. The van der Waals surface area contributed by atoms with Gasteiger partial charge in [0.15, 0.2) is 0 Å². The molecule has 0 fully saturated rings. The van der Waals surface area contributed by atoms with E-state index in [0.29, 0.717) is 0 Å². The summed E-state index contributed by atoms with van der Waals surface area (Å²) in [5.41, 5.74) is 2.16. The van der Waals surface area contributed by atoms with E-state index >= 15 is 0 Å². The van der Waals surface area contributed by atoms with E-state index in [9.17, 15) is 0 Å². The highest BCUT2D eigenvalue weighted by Gasteiger charge is 1.85. The molecule has 0 saturated carbocycles. The van der Waals surface area contributed by atoms with Crippen LogP contribution in [0.5, 0.6) is 0 Å². The topological polar surface area (TPSA) is 24.7 Å². The molecule has 0 spiro atoms. The number of rotatable bonds is 1. The van der Waals surface area contributed by atoms with Crippen LogP contribution in [0.1, 0.15) is 5.56 Å². The van der Waals surface area contributed by atoms with Gasteiger partial charge in [0.25, 0.3) is 0 Å². The van der Waals surface area contributed by atoms with E-state index in [-0.39, 0.29) is 0 Å². The van der Waals surface area contributed by atoms with Crippen molar-refractivity contribution < 1.29 is 0 Å². The highest BCUT2D eigenvalue weighted by molar-refractivity contribution is 5.37. The Hall–Kier alpha value is -1.18. The average molecular weight is 134 g/mol. The third-order valence-electron chi connectivity index (χ3n) is 1.25. The summed E-state index contributed by atoms with van der Waals surface area (Å²) in [7, 11) is 1.67. The van der Waals surface area contributed by atoms with Crippen LogP contribution >= 0.6 is 0 Å². The lowest BCUT2D eigenvalue weighted by Gasteiger charge is -1.90. The van der Waals surface area contributed by atoms with Gasteiger partial charge in [-0.1, -0.05) is 17.7 Å². The molecule has 0 amide bonds. The Bertz CT molecular complexity index is 224. The van der Waals surface area contributed by atoms with Crippen LogP contribution in [-0.2, 0) is 0 Å². The van der Waals surface area contributed by atoms with Crippen molar-refractivity contribution in [3.8, 4) is 0 Å². The third-order valence-corrected chi connectivity index (χ3v) is 1.25. The van der Waals surface area contributed by atoms with Gasteiger partial charge in [-0.05, 0) is 19.1 Å². The van der Waals surface area contributed by atoms with E-state index < -0.39 is 0 Å². The molecule has 0 heterocycles. The molecule has 1 rings (SSSR count). The first kappa shape index (κ1) is 6.93. The van der Waals surface area contributed by atoms with Gasteiger partial charge in [-0.3, -0.25) is 0 Å². The van der Waals surface area contributed by atoms with Crippen molar-refractivity contribution in [2.75, 3.05) is 7.05 Å². The normalized spacial score (nSPS) is 10.6. The molecule has 0 saturated heterocycles. The second-order valence-electron chi connectivity index (χ2n) is 2.14. The maximum absolute atomic E-state index is 3.87. The second-order valence-corrected chi connectivity index (χ2v) is 2.14. The van der Waals surface area contributed by atoms with Gasteiger partial charge in [0.1, 0.15) is 0 Å². The molecule has 0 bridgehead atoms. The summed E-state index contributed by atoms with van der Waals surface area (Å²) in [5.74, 6) is 0. The van der Waals surface area contributed by atoms with Gasteiger partial charge in [0.2, 0.25) is 0 Å². The monoisotopic (exact) mass is 134 g/mol. The first-order chi connectivity index (χ1) is 4.83. The molecule has 1 aromatic carbocycles. The first-order valence-electron chi connectivity index (χ1n) is 3.19. The van der Waals surface area contributed by atoms with Gasteiger partial charge in [-0.15, -0.1) is 0 Å². The maximum atomic E-state index is 3.87. The smallest absolute Gasteiger partial charge is 0.0852 e. The van der Waals surface area contributed by atoms with Crippen molar-refractivity contribution in [2.24, 2.45) is 10.2 Å². The summed E-state index contributed by atoms with van der Waals surface area (Å²) in [6.45, 7) is 2.05. The molecule has 2 heteroatoms. The van der Waals surface area contributed by atoms with Crippen molar-refractivity contribution in [3.63, 3.8) is 0 Å². The zero-order chi connectivity index (χ0) is 7.40. The van der Waals surface area contributed by atoms with Crippen LogP contribution < -0.4 is 0 Å². The number of aryl methyl sites for hydroxylation is 1. The van der Waals surface area contributed by atoms with Gasteiger partial charge in [0.05, 0.1) is 5.69 Å². The van der Waals surface area contributed by atoms with E-state index in [1.807, 2.05) is 31.2 Å². The fourth-order valence-corrected chi connectivity index (χ4v) is 0.727. The molecule has 10 heavy (non-hydrogen) atoms. The number of benzene rings is 1. The minimum absolute atomic E-state index is 0.910. The Kier molecular flexibility index (Phi) is 2.15. The minimum Gasteiger partial charge on any atom is -0.192 e. The molecule has 0 atom stereocenters. The van der Waals surface area contributed by atoms with Crippen LogP contribution in [0.15, 0.2) is 34.5 Å². The molecule has 0 aliphatic carbocycles. The van der Waals surface area contributed by atoms with Crippen LogP contribution in [-0.4, -0.2) is 7.05 Å². The Morgan fingerprint density at radius 3 is 2.20 bits per heavy atom. The molecule has 2 nitrogen and oxygen atoms in total. The number of azo groups is 1. The number of nitrogens with zero attached hydrogens (tertiary/aromatic N) is 2. The fourth-order valence-electron chi connectivity index (χ4n) is 0.727. The quantitative estimate of drug-likeness (QED) is 0.527. The van der Waals surface area contributed by atoms with E-state index in [1.165, 1.54) is 5.56 Å². The molecule has 0 aromatic heterocycles. The van der Waals surface area contributed by atoms with Crippen LogP contribution in [0, 0.1) is 6.92 Å². The average Bonchev–Trinajstić information content (AvgIpc) is 1.95. The Morgan fingerprint density at radius 2 is 1.70 bits per heavy atom. The third kappa shape index (κ3) is 1.65. The molecule has 0 unspecified atom stereocenters. The maximum Gasteiger partial charge on any atom is 0.0852 e. The van der Waals surface area contributed by atoms with Crippen LogP contribution in [0.2, 0.25) is 0 Å². The van der Waals surface area contributed by atoms with Crippen LogP contribution in [0.3, 0.4) is 0 Å². The minimum atomic E-state index is 0.910. The lowest BCUT2D eigenvalue weighted by atomic mass is 10.2. The molecule has 52 valence electrons. The predicted molar refractivity (Wildman–Crippen MR) is 41.6 cm³/mol. The summed E-state index contributed by atoms with van der Waals surface area (Å²) in [4.78, 5) is 0. The summed E-state index contributed by atoms with van der Waals surface area (Å²) in [5, 5.41) is 7.53. The molecule has 0 aliphatic rings. The molecule has 0 N–H and O–H groups in total. The second kappa shape index (κ2) is 3.11. The van der Waals surface area contributed by atoms with Crippen LogP contribution in [0.4, 0.5) is 5.69 Å². The van der Waals surface area contributed by atoms with Gasteiger partial charge >= 0.3 is 0 Å². The lowest BCUT2D eigenvalue weighted by Crippen LogP contribution is -1.67. The van der Waals surface area contributed by atoms with Crippen molar-refractivity contribution in [1.82, 2.24) is 0 Å². The largest absolute Gasteiger partial charge is 0.192 e. The number of hydrogen-bond donors (Lipinski definition) is 0. The Balaban J connectivity index is 2.89. The standard InChI is InChI=1S/C8H10N2/c1-7-3-5-8(6-4-7)10-9-2/h3-6H,1-2H3. The molecule has 0 radical (unpaired) electrons. The van der Waals surface area contributed by atoms with Gasteiger partial charge < -0.3 is 0 Å². The van der Waals surface area contributed by atoms with Crippen LogP contribution in [0.25, 0.3) is 0 Å². The fraction of sp³-hybridized carbons (Fsp3) is 0.250. The highest BCUT2D eigenvalue weighted by Crippen LogP contribution is 2.11. The van der Waals surface area contributed by atoms with E-state index in [4.69, 9.17) is 0 Å². The van der Waals surface area contributed by atoms with E-state index in [1.54, 1.807) is 7.05 Å². The molecule has 0 aliphatic heterocycles. The van der Waals surface area contributed by atoms with Gasteiger partial charge in [0, 0.05) is 7.05 Å². The van der Waals surface area contributed by atoms with E-state index in [2.05, 4.69) is 10.2 Å². The Labute approximate surface area is 60.6 Å². The van der Waals surface area contributed by atoms with E-state index in [0.717, 1.165) is 5.69 Å². The molecular formula is C8H10N2.